The summed E-state index contributed by atoms with van der Waals surface area (Å²) in [7, 11) is 0. The Balaban J connectivity index is 1.89. The van der Waals surface area contributed by atoms with E-state index in [1.807, 2.05) is 26.0 Å². The van der Waals surface area contributed by atoms with Gasteiger partial charge in [0, 0.05) is 5.02 Å². The Kier molecular flexibility index (Phi) is 6.06. The minimum absolute atomic E-state index is 0.174. The van der Waals surface area contributed by atoms with Crippen LogP contribution in [0.1, 0.15) is 47.6 Å². The summed E-state index contributed by atoms with van der Waals surface area (Å²) in [5, 5.41) is 23.9. The number of hydrogen-bond donors (Lipinski definition) is 2. The first-order chi connectivity index (χ1) is 17.3. The zero-order chi connectivity index (χ0) is 25.6. The minimum Gasteiger partial charge on any atom is -0.507 e. The van der Waals surface area contributed by atoms with Crippen LogP contribution in [0.4, 0.5) is 0 Å². The van der Waals surface area contributed by atoms with Crippen molar-refractivity contribution < 1.29 is 19.0 Å². The highest BCUT2D eigenvalue weighted by Crippen LogP contribution is 2.42. The maximum atomic E-state index is 13.3. The molecule has 0 aliphatic rings. The van der Waals surface area contributed by atoms with Crippen LogP contribution in [0.25, 0.3) is 21.9 Å². The standard InChI is InChI=1S/C29H23ClO6/c1-3-15-5-11-21-19(13-15)26(31)24(28(33)35-21)23(17-7-9-18(30)10-8-17)25-27(32)20-14-16(4-2)6-12-22(20)36-29(25)34/h5-14,23,31-32H,3-4H2,1-2H3. The summed E-state index contributed by atoms with van der Waals surface area (Å²) < 4.78 is 11.1. The average Bonchev–Trinajstić information content (AvgIpc) is 2.88. The van der Waals surface area contributed by atoms with Crippen molar-refractivity contribution in [2.24, 2.45) is 0 Å². The average molecular weight is 503 g/mol. The van der Waals surface area contributed by atoms with Gasteiger partial charge in [0.05, 0.1) is 27.8 Å². The van der Waals surface area contributed by atoms with Gasteiger partial charge in [-0.15, -0.1) is 0 Å². The number of halogens is 1. The minimum atomic E-state index is -1.18. The molecular formula is C29H23ClO6. The van der Waals surface area contributed by atoms with E-state index in [1.165, 1.54) is 0 Å². The lowest BCUT2D eigenvalue weighted by molar-refractivity contribution is 0.441. The van der Waals surface area contributed by atoms with Crippen LogP contribution in [-0.2, 0) is 12.8 Å². The van der Waals surface area contributed by atoms with Crippen molar-refractivity contribution in [1.29, 1.82) is 0 Å². The molecule has 3 aromatic carbocycles. The van der Waals surface area contributed by atoms with Gasteiger partial charge in [0.25, 0.3) is 0 Å². The first kappa shape index (κ1) is 23.7. The molecule has 0 bridgehead atoms. The number of rotatable bonds is 5. The summed E-state index contributed by atoms with van der Waals surface area (Å²) in [6.07, 6.45) is 1.42. The molecule has 182 valence electrons. The molecule has 2 N–H and O–H groups in total. The van der Waals surface area contributed by atoms with Gasteiger partial charge in [-0.05, 0) is 65.9 Å². The van der Waals surface area contributed by atoms with E-state index in [9.17, 15) is 19.8 Å². The molecule has 0 aliphatic heterocycles. The second kappa shape index (κ2) is 9.21. The third-order valence-corrected chi connectivity index (χ3v) is 6.80. The number of benzene rings is 3. The van der Waals surface area contributed by atoms with Crippen molar-refractivity contribution >= 4 is 33.5 Å². The molecule has 0 amide bonds. The second-order valence-corrected chi connectivity index (χ2v) is 9.09. The van der Waals surface area contributed by atoms with Crippen molar-refractivity contribution in [3.63, 3.8) is 0 Å². The van der Waals surface area contributed by atoms with Crippen LogP contribution >= 0.6 is 11.6 Å². The van der Waals surface area contributed by atoms with Gasteiger partial charge in [-0.25, -0.2) is 9.59 Å². The van der Waals surface area contributed by atoms with Crippen molar-refractivity contribution in [2.45, 2.75) is 32.6 Å². The van der Waals surface area contributed by atoms with Crippen LogP contribution in [0, 0.1) is 0 Å². The van der Waals surface area contributed by atoms with Crippen LogP contribution in [0.5, 0.6) is 11.5 Å². The van der Waals surface area contributed by atoms with E-state index in [0.29, 0.717) is 34.2 Å². The van der Waals surface area contributed by atoms with Crippen LogP contribution in [0.15, 0.2) is 79.1 Å². The molecule has 0 radical (unpaired) electrons. The summed E-state index contributed by atoms with van der Waals surface area (Å²) in [5.74, 6) is -1.82. The largest absolute Gasteiger partial charge is 0.507 e. The Morgan fingerprint density at radius 1 is 0.722 bits per heavy atom. The number of fused-ring (bicyclic) bond motifs is 2. The van der Waals surface area contributed by atoms with E-state index >= 15 is 0 Å². The van der Waals surface area contributed by atoms with E-state index in [-0.39, 0.29) is 33.8 Å². The fraction of sp³-hybridized carbons (Fsp3) is 0.172. The molecule has 5 aromatic rings. The predicted molar refractivity (Wildman–Crippen MR) is 139 cm³/mol. The molecule has 36 heavy (non-hydrogen) atoms. The van der Waals surface area contributed by atoms with Crippen LogP contribution < -0.4 is 11.3 Å². The molecule has 0 fully saturated rings. The Labute approximate surface area is 211 Å². The molecule has 5 rings (SSSR count). The highest BCUT2D eigenvalue weighted by atomic mass is 35.5. The summed E-state index contributed by atoms with van der Waals surface area (Å²) in [6.45, 7) is 3.94. The first-order valence-electron chi connectivity index (χ1n) is 11.6. The Hall–Kier alpha value is -4.03. The molecule has 0 atom stereocenters. The third-order valence-electron chi connectivity index (χ3n) is 6.55. The van der Waals surface area contributed by atoms with E-state index in [0.717, 1.165) is 11.1 Å². The molecule has 2 heterocycles. The first-order valence-corrected chi connectivity index (χ1v) is 12.0. The van der Waals surface area contributed by atoms with Crippen molar-refractivity contribution in [1.82, 2.24) is 0 Å². The second-order valence-electron chi connectivity index (χ2n) is 8.66. The molecular weight excluding hydrogens is 480 g/mol. The maximum absolute atomic E-state index is 13.3. The van der Waals surface area contributed by atoms with Gasteiger partial charge in [-0.2, -0.15) is 0 Å². The molecule has 0 aliphatic carbocycles. The fourth-order valence-electron chi connectivity index (χ4n) is 4.58. The molecule has 0 saturated heterocycles. The number of aryl methyl sites for hydroxylation is 2. The van der Waals surface area contributed by atoms with Gasteiger partial charge < -0.3 is 19.0 Å². The summed E-state index contributed by atoms with van der Waals surface area (Å²) in [5.41, 5.74) is 0.740. The third kappa shape index (κ3) is 3.93. The van der Waals surface area contributed by atoms with E-state index in [4.69, 9.17) is 20.4 Å². The SMILES string of the molecule is CCc1ccc2oc(=O)c(C(c3ccc(Cl)cc3)c3c(O)c4cc(CC)ccc4oc3=O)c(O)c2c1. The monoisotopic (exact) mass is 502 g/mol. The van der Waals surface area contributed by atoms with Crippen LogP contribution in [0.2, 0.25) is 5.02 Å². The van der Waals surface area contributed by atoms with E-state index in [1.54, 1.807) is 48.5 Å². The van der Waals surface area contributed by atoms with E-state index in [2.05, 4.69) is 0 Å². The predicted octanol–water partition coefficient (Wildman–Crippen LogP) is 6.27. The normalized spacial score (nSPS) is 11.6. The molecule has 2 aromatic heterocycles. The van der Waals surface area contributed by atoms with Gasteiger partial charge >= 0.3 is 11.3 Å². The summed E-state index contributed by atoms with van der Waals surface area (Å²) in [6, 6.07) is 16.8. The highest BCUT2D eigenvalue weighted by molar-refractivity contribution is 6.30. The quantitative estimate of drug-likeness (QED) is 0.275. The lowest BCUT2D eigenvalue weighted by Crippen LogP contribution is -2.21. The maximum Gasteiger partial charge on any atom is 0.344 e. The molecule has 0 saturated carbocycles. The van der Waals surface area contributed by atoms with Gasteiger partial charge in [0.1, 0.15) is 22.7 Å². The van der Waals surface area contributed by atoms with Gasteiger partial charge in [-0.3, -0.25) is 0 Å². The van der Waals surface area contributed by atoms with Crippen LogP contribution in [0.3, 0.4) is 0 Å². The topological polar surface area (TPSA) is 101 Å². The Morgan fingerprint density at radius 3 is 1.58 bits per heavy atom. The zero-order valence-electron chi connectivity index (χ0n) is 19.7. The van der Waals surface area contributed by atoms with Crippen molar-refractivity contribution in [3.8, 4) is 11.5 Å². The molecule has 0 spiro atoms. The smallest absolute Gasteiger partial charge is 0.344 e. The number of aromatic hydroxyl groups is 2. The van der Waals surface area contributed by atoms with Crippen LogP contribution in [-0.4, -0.2) is 10.2 Å². The van der Waals surface area contributed by atoms with Gasteiger partial charge in [0.2, 0.25) is 0 Å². The van der Waals surface area contributed by atoms with Crippen molar-refractivity contribution in [3.05, 3.63) is 114 Å². The summed E-state index contributed by atoms with van der Waals surface area (Å²) >= 11 is 6.10. The lowest BCUT2D eigenvalue weighted by atomic mass is 9.84. The highest BCUT2D eigenvalue weighted by Gasteiger charge is 2.32. The Bertz CT molecular complexity index is 1620. The molecule has 6 nitrogen and oxygen atoms in total. The fourth-order valence-corrected chi connectivity index (χ4v) is 4.70. The lowest BCUT2D eigenvalue weighted by Gasteiger charge is -2.20. The zero-order valence-corrected chi connectivity index (χ0v) is 20.4. The molecule has 0 unspecified atom stereocenters. The number of hydrogen-bond acceptors (Lipinski definition) is 6. The summed E-state index contributed by atoms with van der Waals surface area (Å²) in [4.78, 5) is 26.6. The van der Waals surface area contributed by atoms with Crippen molar-refractivity contribution in [2.75, 3.05) is 0 Å². The van der Waals surface area contributed by atoms with Gasteiger partial charge in [-0.1, -0.05) is 49.7 Å². The Morgan fingerprint density at radius 2 is 1.17 bits per heavy atom. The van der Waals surface area contributed by atoms with E-state index < -0.39 is 17.2 Å². The van der Waals surface area contributed by atoms with Gasteiger partial charge in [0.15, 0.2) is 0 Å². The molecule has 7 heteroatoms.